The molecule has 1 unspecified atom stereocenters. The molecule has 3 N–H and O–H groups in total. The van der Waals surface area contributed by atoms with Gasteiger partial charge in [0, 0.05) is 29.8 Å². The maximum absolute atomic E-state index is 9.90. The molecule has 1 fully saturated rings. The molecule has 2 rings (SSSR count). The topological polar surface area (TPSA) is 55.7 Å². The van der Waals surface area contributed by atoms with Gasteiger partial charge in [-0.2, -0.15) is 0 Å². The third-order valence-corrected chi connectivity index (χ3v) is 4.23. The van der Waals surface area contributed by atoms with Crippen molar-refractivity contribution in [2.24, 2.45) is 0 Å². The summed E-state index contributed by atoms with van der Waals surface area (Å²) in [6.07, 6.45) is 2.28. The predicted molar refractivity (Wildman–Crippen MR) is 81.1 cm³/mol. The number of hydrogen-bond donors (Lipinski definition) is 3. The summed E-state index contributed by atoms with van der Waals surface area (Å²) in [5.41, 5.74) is 0.842. The van der Waals surface area contributed by atoms with Crippen LogP contribution in [0.3, 0.4) is 0 Å². The minimum atomic E-state index is 0.0891. The molecule has 1 aliphatic rings. The van der Waals surface area contributed by atoms with E-state index >= 15 is 0 Å². The Bertz CT molecular complexity index is 440. The summed E-state index contributed by atoms with van der Waals surface area (Å²) in [6, 6.07) is 6.00. The first-order valence-corrected chi connectivity index (χ1v) is 7.49. The van der Waals surface area contributed by atoms with Gasteiger partial charge in [0.05, 0.1) is 0 Å². The zero-order chi connectivity index (χ0) is 14.7. The van der Waals surface area contributed by atoms with Gasteiger partial charge in [-0.3, -0.25) is 0 Å². The van der Waals surface area contributed by atoms with Crippen molar-refractivity contribution < 1.29 is 10.2 Å². The summed E-state index contributed by atoms with van der Waals surface area (Å²) < 4.78 is 0. The van der Waals surface area contributed by atoms with E-state index in [4.69, 9.17) is 0 Å². The van der Waals surface area contributed by atoms with Crippen molar-refractivity contribution in [3.05, 3.63) is 23.8 Å². The van der Waals surface area contributed by atoms with Gasteiger partial charge in [0.25, 0.3) is 0 Å². The highest BCUT2D eigenvalue weighted by Gasteiger charge is 2.22. The fraction of sp³-hybridized carbons (Fsp3) is 0.625. The third-order valence-electron chi connectivity index (χ3n) is 4.23. The number of hydrogen-bond acceptors (Lipinski definition) is 4. The van der Waals surface area contributed by atoms with E-state index in [1.54, 1.807) is 12.1 Å². The van der Waals surface area contributed by atoms with Gasteiger partial charge in [0.15, 0.2) is 0 Å². The average Bonchev–Trinajstić information content (AvgIpc) is 2.39. The van der Waals surface area contributed by atoms with Gasteiger partial charge in [0.1, 0.15) is 11.5 Å². The number of likely N-dealkylation sites (tertiary alicyclic amines) is 1. The zero-order valence-electron chi connectivity index (χ0n) is 12.6. The molecule has 1 aliphatic heterocycles. The monoisotopic (exact) mass is 278 g/mol. The molecular formula is C16H26N2O2. The highest BCUT2D eigenvalue weighted by atomic mass is 16.3. The molecule has 20 heavy (non-hydrogen) atoms. The molecule has 1 atom stereocenters. The summed E-state index contributed by atoms with van der Waals surface area (Å²) in [5, 5.41) is 22.8. The van der Waals surface area contributed by atoms with Crippen LogP contribution in [0, 0.1) is 0 Å². The Morgan fingerprint density at radius 2 is 1.80 bits per heavy atom. The Kier molecular flexibility index (Phi) is 4.89. The zero-order valence-corrected chi connectivity index (χ0v) is 12.6. The smallest absolute Gasteiger partial charge is 0.124 e. The SMILES string of the molecule is CC(NC1CCN(C(C)C)CC1)c1ccc(O)cc1O. The van der Waals surface area contributed by atoms with Crippen molar-refractivity contribution in [1.82, 2.24) is 10.2 Å². The molecule has 0 spiro atoms. The van der Waals surface area contributed by atoms with Crippen molar-refractivity contribution >= 4 is 0 Å². The van der Waals surface area contributed by atoms with Crippen molar-refractivity contribution in [1.29, 1.82) is 0 Å². The van der Waals surface area contributed by atoms with Gasteiger partial charge in [-0.1, -0.05) is 6.07 Å². The summed E-state index contributed by atoms with van der Waals surface area (Å²) in [4.78, 5) is 2.50. The minimum absolute atomic E-state index is 0.0891. The summed E-state index contributed by atoms with van der Waals surface area (Å²) in [6.45, 7) is 8.80. The number of rotatable bonds is 4. The van der Waals surface area contributed by atoms with Crippen molar-refractivity contribution in [2.75, 3.05) is 13.1 Å². The first-order valence-electron chi connectivity index (χ1n) is 7.49. The normalized spacial score (nSPS) is 19.4. The van der Waals surface area contributed by atoms with Crippen LogP contribution in [0.2, 0.25) is 0 Å². The van der Waals surface area contributed by atoms with Crippen LogP contribution in [0.15, 0.2) is 18.2 Å². The number of phenolic OH excluding ortho intramolecular Hbond substituents is 2. The second kappa shape index (κ2) is 6.46. The van der Waals surface area contributed by atoms with E-state index in [0.29, 0.717) is 12.1 Å². The maximum atomic E-state index is 9.90. The largest absolute Gasteiger partial charge is 0.508 e. The number of benzene rings is 1. The van der Waals surface area contributed by atoms with E-state index in [9.17, 15) is 10.2 Å². The number of piperidine rings is 1. The Balaban J connectivity index is 1.90. The number of aromatic hydroxyl groups is 2. The number of nitrogens with zero attached hydrogens (tertiary/aromatic N) is 1. The van der Waals surface area contributed by atoms with E-state index in [0.717, 1.165) is 31.5 Å². The second-order valence-electron chi connectivity index (χ2n) is 6.04. The Morgan fingerprint density at radius 1 is 1.15 bits per heavy atom. The maximum Gasteiger partial charge on any atom is 0.124 e. The fourth-order valence-corrected chi connectivity index (χ4v) is 2.92. The lowest BCUT2D eigenvalue weighted by Crippen LogP contribution is -2.45. The molecule has 0 radical (unpaired) electrons. The Morgan fingerprint density at radius 3 is 2.35 bits per heavy atom. The lowest BCUT2D eigenvalue weighted by Gasteiger charge is -2.36. The lowest BCUT2D eigenvalue weighted by molar-refractivity contribution is 0.157. The van der Waals surface area contributed by atoms with Crippen molar-refractivity contribution in [3.63, 3.8) is 0 Å². The van der Waals surface area contributed by atoms with Crippen LogP contribution in [0.25, 0.3) is 0 Å². The molecule has 0 saturated carbocycles. The van der Waals surface area contributed by atoms with Gasteiger partial charge in [-0.25, -0.2) is 0 Å². The van der Waals surface area contributed by atoms with E-state index in [2.05, 4.69) is 31.0 Å². The molecule has 0 aliphatic carbocycles. The van der Waals surface area contributed by atoms with Crippen LogP contribution in [-0.2, 0) is 0 Å². The van der Waals surface area contributed by atoms with Gasteiger partial charge in [-0.15, -0.1) is 0 Å². The molecule has 1 saturated heterocycles. The fourth-order valence-electron chi connectivity index (χ4n) is 2.92. The minimum Gasteiger partial charge on any atom is -0.508 e. The molecule has 1 aromatic carbocycles. The van der Waals surface area contributed by atoms with Crippen LogP contribution in [-0.4, -0.2) is 40.3 Å². The van der Waals surface area contributed by atoms with Crippen molar-refractivity contribution in [3.8, 4) is 11.5 Å². The van der Waals surface area contributed by atoms with Crippen LogP contribution < -0.4 is 5.32 Å². The van der Waals surface area contributed by atoms with Crippen molar-refractivity contribution in [2.45, 2.75) is 51.7 Å². The van der Waals surface area contributed by atoms with Crippen LogP contribution in [0.4, 0.5) is 0 Å². The quantitative estimate of drug-likeness (QED) is 0.792. The van der Waals surface area contributed by atoms with Crippen LogP contribution in [0.1, 0.15) is 45.2 Å². The second-order valence-corrected chi connectivity index (χ2v) is 6.04. The Hall–Kier alpha value is -1.26. The van der Waals surface area contributed by atoms with Crippen LogP contribution >= 0.6 is 0 Å². The summed E-state index contributed by atoms with van der Waals surface area (Å²) in [5.74, 6) is 0.258. The number of phenols is 2. The molecule has 0 bridgehead atoms. The van der Waals surface area contributed by atoms with Gasteiger partial charge in [0.2, 0.25) is 0 Å². The third kappa shape index (κ3) is 3.64. The average molecular weight is 278 g/mol. The highest BCUT2D eigenvalue weighted by molar-refractivity contribution is 5.40. The van der Waals surface area contributed by atoms with Gasteiger partial charge in [-0.05, 0) is 52.8 Å². The molecule has 0 aromatic heterocycles. The molecular weight excluding hydrogens is 252 g/mol. The first kappa shape index (κ1) is 15.1. The molecule has 112 valence electrons. The first-order chi connectivity index (χ1) is 9.47. The summed E-state index contributed by atoms with van der Waals surface area (Å²) >= 11 is 0. The standard InChI is InChI=1S/C16H26N2O2/c1-11(2)18-8-6-13(7-9-18)17-12(3)15-5-4-14(19)10-16(15)20/h4-5,10-13,17,19-20H,6-9H2,1-3H3. The van der Waals surface area contributed by atoms with E-state index in [1.165, 1.54) is 6.07 Å². The van der Waals surface area contributed by atoms with E-state index in [-0.39, 0.29) is 17.5 Å². The molecule has 4 nitrogen and oxygen atoms in total. The molecule has 0 amide bonds. The van der Waals surface area contributed by atoms with E-state index < -0.39 is 0 Å². The van der Waals surface area contributed by atoms with Gasteiger partial charge < -0.3 is 20.4 Å². The number of nitrogens with one attached hydrogen (secondary N) is 1. The highest BCUT2D eigenvalue weighted by Crippen LogP contribution is 2.28. The van der Waals surface area contributed by atoms with Crippen LogP contribution in [0.5, 0.6) is 11.5 Å². The summed E-state index contributed by atoms with van der Waals surface area (Å²) in [7, 11) is 0. The van der Waals surface area contributed by atoms with Gasteiger partial charge >= 0.3 is 0 Å². The molecule has 1 aromatic rings. The lowest BCUT2D eigenvalue weighted by atomic mass is 10.0. The Labute approximate surface area is 121 Å². The predicted octanol–water partition coefficient (Wildman–Crippen LogP) is 2.62. The molecule has 4 heteroatoms. The molecule has 1 heterocycles. The van der Waals surface area contributed by atoms with E-state index in [1.807, 2.05) is 0 Å².